The van der Waals surface area contributed by atoms with Crippen LogP contribution in [0.1, 0.15) is 25.3 Å². The number of anilines is 1. The number of nitrogens with one attached hydrogen (secondary N) is 1. The van der Waals surface area contributed by atoms with E-state index in [1.54, 1.807) is 0 Å². The molecule has 1 aliphatic rings. The zero-order chi connectivity index (χ0) is 13.5. The largest absolute Gasteiger partial charge is 0.379 e. The Morgan fingerprint density at radius 1 is 1.26 bits per heavy atom. The monoisotopic (exact) mass is 262 g/mol. The molecule has 1 aromatic carbocycles. The van der Waals surface area contributed by atoms with Crippen molar-refractivity contribution < 1.29 is 9.53 Å². The topological polar surface area (TPSA) is 41.6 Å². The normalized spacial score (nSPS) is 16.3. The quantitative estimate of drug-likeness (QED) is 0.885. The van der Waals surface area contributed by atoms with Gasteiger partial charge in [-0.15, -0.1) is 0 Å². The molecule has 1 heterocycles. The van der Waals surface area contributed by atoms with Gasteiger partial charge in [-0.1, -0.05) is 19.1 Å². The lowest BCUT2D eigenvalue weighted by atomic mass is 10.2. The Morgan fingerprint density at radius 3 is 2.58 bits per heavy atom. The average molecular weight is 262 g/mol. The Morgan fingerprint density at radius 2 is 1.95 bits per heavy atom. The fourth-order valence-corrected chi connectivity index (χ4v) is 2.16. The van der Waals surface area contributed by atoms with Gasteiger partial charge in [-0.05, 0) is 24.1 Å². The summed E-state index contributed by atoms with van der Waals surface area (Å²) in [5.41, 5.74) is 2.15. The molecule has 2 rings (SSSR count). The Kier molecular flexibility index (Phi) is 5.36. The Balaban J connectivity index is 1.85. The zero-order valence-corrected chi connectivity index (χ0v) is 11.5. The summed E-state index contributed by atoms with van der Waals surface area (Å²) in [5.74, 6) is 0.0865. The van der Waals surface area contributed by atoms with Crippen LogP contribution in [0.4, 0.5) is 5.69 Å². The van der Waals surface area contributed by atoms with Crippen LogP contribution in [0.2, 0.25) is 0 Å². The van der Waals surface area contributed by atoms with Crippen LogP contribution in [0.3, 0.4) is 0 Å². The van der Waals surface area contributed by atoms with E-state index in [1.807, 2.05) is 19.1 Å². The van der Waals surface area contributed by atoms with E-state index >= 15 is 0 Å². The second-order valence-electron chi connectivity index (χ2n) is 4.88. The van der Waals surface area contributed by atoms with Crippen LogP contribution >= 0.6 is 0 Å². The van der Waals surface area contributed by atoms with Gasteiger partial charge in [-0.25, -0.2) is 0 Å². The Labute approximate surface area is 114 Å². The molecule has 1 aliphatic heterocycles. The minimum Gasteiger partial charge on any atom is -0.379 e. The molecule has 4 heteroatoms. The number of carbonyl (C=O) groups is 1. The van der Waals surface area contributed by atoms with E-state index in [2.05, 4.69) is 22.3 Å². The number of benzene rings is 1. The molecule has 1 amide bonds. The van der Waals surface area contributed by atoms with E-state index in [-0.39, 0.29) is 5.91 Å². The first-order valence-corrected chi connectivity index (χ1v) is 6.97. The summed E-state index contributed by atoms with van der Waals surface area (Å²) in [7, 11) is 0. The van der Waals surface area contributed by atoms with Crippen molar-refractivity contribution in [2.24, 2.45) is 0 Å². The number of nitrogens with zero attached hydrogens (tertiary/aromatic N) is 1. The van der Waals surface area contributed by atoms with Crippen molar-refractivity contribution in [2.45, 2.75) is 26.3 Å². The van der Waals surface area contributed by atoms with Crippen LogP contribution < -0.4 is 5.32 Å². The molecule has 0 spiro atoms. The van der Waals surface area contributed by atoms with Crippen LogP contribution in [-0.2, 0) is 16.1 Å². The molecule has 0 radical (unpaired) electrons. The van der Waals surface area contributed by atoms with Crippen LogP contribution in [-0.4, -0.2) is 37.1 Å². The van der Waals surface area contributed by atoms with Gasteiger partial charge in [-0.3, -0.25) is 9.69 Å². The van der Waals surface area contributed by atoms with Gasteiger partial charge in [0.1, 0.15) is 0 Å². The first-order valence-electron chi connectivity index (χ1n) is 6.97. The summed E-state index contributed by atoms with van der Waals surface area (Å²) in [6.07, 6.45) is 1.45. The van der Waals surface area contributed by atoms with Crippen molar-refractivity contribution in [2.75, 3.05) is 31.6 Å². The number of ether oxygens (including phenoxy) is 1. The van der Waals surface area contributed by atoms with E-state index in [0.29, 0.717) is 6.42 Å². The maximum atomic E-state index is 11.5. The van der Waals surface area contributed by atoms with Gasteiger partial charge in [0.25, 0.3) is 0 Å². The smallest absolute Gasteiger partial charge is 0.224 e. The molecule has 104 valence electrons. The third-order valence-corrected chi connectivity index (χ3v) is 3.22. The highest BCUT2D eigenvalue weighted by Crippen LogP contribution is 2.12. The summed E-state index contributed by atoms with van der Waals surface area (Å²) in [6, 6.07) is 8.11. The highest BCUT2D eigenvalue weighted by molar-refractivity contribution is 5.90. The van der Waals surface area contributed by atoms with Crippen molar-refractivity contribution in [1.82, 2.24) is 4.90 Å². The van der Waals surface area contributed by atoms with Crippen LogP contribution in [0.15, 0.2) is 24.3 Å². The molecular weight excluding hydrogens is 240 g/mol. The van der Waals surface area contributed by atoms with Gasteiger partial charge in [-0.2, -0.15) is 0 Å². The number of rotatable bonds is 5. The molecule has 4 nitrogen and oxygen atoms in total. The first kappa shape index (κ1) is 14.0. The molecule has 0 saturated carbocycles. The number of morpholine rings is 1. The van der Waals surface area contributed by atoms with Gasteiger partial charge in [0, 0.05) is 31.7 Å². The molecular formula is C15H22N2O2. The van der Waals surface area contributed by atoms with E-state index in [0.717, 1.165) is 45.0 Å². The van der Waals surface area contributed by atoms with Gasteiger partial charge in [0.2, 0.25) is 5.91 Å². The van der Waals surface area contributed by atoms with Crippen LogP contribution in [0.5, 0.6) is 0 Å². The fourth-order valence-electron chi connectivity index (χ4n) is 2.16. The molecule has 1 fully saturated rings. The molecule has 19 heavy (non-hydrogen) atoms. The number of hydrogen-bond donors (Lipinski definition) is 1. The molecule has 0 unspecified atom stereocenters. The lowest BCUT2D eigenvalue weighted by molar-refractivity contribution is -0.116. The summed E-state index contributed by atoms with van der Waals surface area (Å²) < 4.78 is 5.33. The summed E-state index contributed by atoms with van der Waals surface area (Å²) in [4.78, 5) is 13.9. The van der Waals surface area contributed by atoms with Crippen molar-refractivity contribution in [3.8, 4) is 0 Å². The highest BCUT2D eigenvalue weighted by atomic mass is 16.5. The minimum absolute atomic E-state index is 0.0865. The van der Waals surface area contributed by atoms with Crippen molar-refractivity contribution in [3.63, 3.8) is 0 Å². The van der Waals surface area contributed by atoms with Gasteiger partial charge < -0.3 is 10.1 Å². The number of hydrogen-bond acceptors (Lipinski definition) is 3. The van der Waals surface area contributed by atoms with E-state index in [9.17, 15) is 4.79 Å². The van der Waals surface area contributed by atoms with Crippen molar-refractivity contribution >= 4 is 11.6 Å². The summed E-state index contributed by atoms with van der Waals surface area (Å²) in [5, 5.41) is 2.90. The van der Waals surface area contributed by atoms with Crippen molar-refractivity contribution in [3.05, 3.63) is 29.8 Å². The van der Waals surface area contributed by atoms with Crippen molar-refractivity contribution in [1.29, 1.82) is 0 Å². The van der Waals surface area contributed by atoms with Gasteiger partial charge in [0.15, 0.2) is 0 Å². The second kappa shape index (κ2) is 7.26. The third kappa shape index (κ3) is 4.65. The lowest BCUT2D eigenvalue weighted by Gasteiger charge is -2.26. The number of amides is 1. The third-order valence-electron chi connectivity index (χ3n) is 3.22. The SMILES string of the molecule is CCCC(=O)Nc1ccc(CN2CCOCC2)cc1. The van der Waals surface area contributed by atoms with E-state index in [1.165, 1.54) is 5.56 Å². The molecule has 1 N–H and O–H groups in total. The Bertz CT molecular complexity index is 397. The lowest BCUT2D eigenvalue weighted by Crippen LogP contribution is -2.35. The molecule has 0 aliphatic carbocycles. The van der Waals surface area contributed by atoms with Crippen LogP contribution in [0.25, 0.3) is 0 Å². The molecule has 0 aromatic heterocycles. The molecule has 0 atom stereocenters. The molecule has 0 bridgehead atoms. The maximum Gasteiger partial charge on any atom is 0.224 e. The minimum atomic E-state index is 0.0865. The fraction of sp³-hybridized carbons (Fsp3) is 0.533. The molecule has 1 saturated heterocycles. The summed E-state index contributed by atoms with van der Waals surface area (Å²) in [6.45, 7) is 6.60. The maximum absolute atomic E-state index is 11.5. The summed E-state index contributed by atoms with van der Waals surface area (Å²) >= 11 is 0. The van der Waals surface area contributed by atoms with Crippen LogP contribution in [0, 0.1) is 0 Å². The first-order chi connectivity index (χ1) is 9.28. The average Bonchev–Trinajstić information content (AvgIpc) is 2.42. The predicted molar refractivity (Wildman–Crippen MR) is 76.1 cm³/mol. The number of carbonyl (C=O) groups excluding carboxylic acids is 1. The van der Waals surface area contributed by atoms with E-state index < -0.39 is 0 Å². The zero-order valence-electron chi connectivity index (χ0n) is 11.5. The predicted octanol–water partition coefficient (Wildman–Crippen LogP) is 2.26. The standard InChI is InChI=1S/C15H22N2O2/c1-2-3-15(18)16-14-6-4-13(5-7-14)12-17-8-10-19-11-9-17/h4-7H,2-3,8-12H2,1H3,(H,16,18). The second-order valence-corrected chi connectivity index (χ2v) is 4.88. The molecule has 1 aromatic rings. The Hall–Kier alpha value is -1.39. The van der Waals surface area contributed by atoms with E-state index in [4.69, 9.17) is 4.74 Å². The van der Waals surface area contributed by atoms with Gasteiger partial charge in [0.05, 0.1) is 13.2 Å². The van der Waals surface area contributed by atoms with Gasteiger partial charge >= 0.3 is 0 Å². The highest BCUT2D eigenvalue weighted by Gasteiger charge is 2.10.